The molecule has 3 N–H and O–H groups in total. The molecule has 0 radical (unpaired) electrons. The SMILES string of the molecule is NC(=O)/C(=C/c1ccc(Cl)cc1)NC(=O)c1cccc([N+](=O)[O-])c1. The molecule has 122 valence electrons. The molecule has 0 aromatic heterocycles. The van der Waals surface area contributed by atoms with E-state index in [1.54, 1.807) is 24.3 Å². The number of hydrogen-bond donors (Lipinski definition) is 2. The van der Waals surface area contributed by atoms with Crippen LogP contribution >= 0.6 is 11.6 Å². The van der Waals surface area contributed by atoms with Crippen molar-refractivity contribution in [1.29, 1.82) is 0 Å². The Kier molecular flexibility index (Phi) is 5.28. The smallest absolute Gasteiger partial charge is 0.270 e. The summed E-state index contributed by atoms with van der Waals surface area (Å²) in [5, 5.41) is 13.6. The Labute approximate surface area is 141 Å². The number of primary amides is 1. The van der Waals surface area contributed by atoms with Gasteiger partial charge in [0, 0.05) is 22.7 Å². The minimum atomic E-state index is -0.844. The highest BCUT2D eigenvalue weighted by Gasteiger charge is 2.15. The molecule has 0 spiro atoms. The Balaban J connectivity index is 2.26. The summed E-state index contributed by atoms with van der Waals surface area (Å²) in [4.78, 5) is 33.8. The molecule has 0 saturated heterocycles. The van der Waals surface area contributed by atoms with Crippen molar-refractivity contribution in [2.24, 2.45) is 5.73 Å². The second-order valence-electron chi connectivity index (χ2n) is 4.74. The molecule has 2 rings (SSSR count). The van der Waals surface area contributed by atoms with Crippen LogP contribution in [0.3, 0.4) is 0 Å². The highest BCUT2D eigenvalue weighted by atomic mass is 35.5. The van der Waals surface area contributed by atoms with Crippen LogP contribution in [0.5, 0.6) is 0 Å². The number of hydrogen-bond acceptors (Lipinski definition) is 4. The van der Waals surface area contributed by atoms with E-state index in [0.29, 0.717) is 10.6 Å². The maximum absolute atomic E-state index is 12.2. The fraction of sp³-hybridized carbons (Fsp3) is 0. The molecule has 0 aliphatic carbocycles. The number of nitrogens with two attached hydrogens (primary N) is 1. The summed E-state index contributed by atoms with van der Waals surface area (Å²) in [5.41, 5.74) is 5.53. The zero-order chi connectivity index (χ0) is 17.7. The van der Waals surface area contributed by atoms with Crippen LogP contribution in [0.15, 0.2) is 54.2 Å². The second-order valence-corrected chi connectivity index (χ2v) is 5.17. The van der Waals surface area contributed by atoms with Crippen molar-refractivity contribution in [3.05, 3.63) is 80.5 Å². The molecule has 0 bridgehead atoms. The van der Waals surface area contributed by atoms with Crippen molar-refractivity contribution in [1.82, 2.24) is 5.32 Å². The Hall–Kier alpha value is -3.19. The maximum atomic E-state index is 12.2. The summed E-state index contributed by atoms with van der Waals surface area (Å²) in [6.45, 7) is 0. The average Bonchev–Trinajstić information content (AvgIpc) is 2.56. The number of halogens is 1. The van der Waals surface area contributed by atoms with E-state index in [4.69, 9.17) is 17.3 Å². The lowest BCUT2D eigenvalue weighted by Gasteiger charge is -2.07. The molecule has 0 saturated carbocycles. The third-order valence-corrected chi connectivity index (χ3v) is 3.27. The Morgan fingerprint density at radius 2 is 1.83 bits per heavy atom. The number of nitro benzene ring substituents is 1. The molecule has 24 heavy (non-hydrogen) atoms. The quantitative estimate of drug-likeness (QED) is 0.492. The number of nitrogens with one attached hydrogen (secondary N) is 1. The van der Waals surface area contributed by atoms with Crippen LogP contribution in [0.2, 0.25) is 5.02 Å². The first-order chi connectivity index (χ1) is 11.4. The highest BCUT2D eigenvalue weighted by Crippen LogP contribution is 2.14. The molecular formula is C16H12ClN3O4. The normalized spacial score (nSPS) is 11.0. The first kappa shape index (κ1) is 17.2. The van der Waals surface area contributed by atoms with Gasteiger partial charge in [-0.25, -0.2) is 0 Å². The molecule has 0 unspecified atom stereocenters. The summed E-state index contributed by atoms with van der Waals surface area (Å²) in [6.07, 6.45) is 1.38. The predicted molar refractivity (Wildman–Crippen MR) is 89.2 cm³/mol. The summed E-state index contributed by atoms with van der Waals surface area (Å²) < 4.78 is 0. The van der Waals surface area contributed by atoms with Crippen LogP contribution < -0.4 is 11.1 Å². The van der Waals surface area contributed by atoms with Crippen LogP contribution in [0.4, 0.5) is 5.69 Å². The first-order valence-corrected chi connectivity index (χ1v) is 7.07. The number of non-ortho nitro benzene ring substituents is 1. The second kappa shape index (κ2) is 7.38. The monoisotopic (exact) mass is 345 g/mol. The maximum Gasteiger partial charge on any atom is 0.270 e. The van der Waals surface area contributed by atoms with Crippen molar-refractivity contribution in [3.8, 4) is 0 Å². The molecule has 0 aliphatic heterocycles. The fourth-order valence-corrected chi connectivity index (χ4v) is 1.98. The molecule has 2 amide bonds. The molecule has 8 heteroatoms. The number of nitrogens with zero attached hydrogens (tertiary/aromatic N) is 1. The predicted octanol–water partition coefficient (Wildman–Crippen LogP) is 2.50. The van der Waals surface area contributed by atoms with Crippen LogP contribution in [0.1, 0.15) is 15.9 Å². The lowest BCUT2D eigenvalue weighted by molar-refractivity contribution is -0.384. The first-order valence-electron chi connectivity index (χ1n) is 6.69. The van der Waals surface area contributed by atoms with E-state index in [-0.39, 0.29) is 16.9 Å². The minimum Gasteiger partial charge on any atom is -0.364 e. The van der Waals surface area contributed by atoms with Crippen LogP contribution in [-0.4, -0.2) is 16.7 Å². The molecule has 7 nitrogen and oxygen atoms in total. The Bertz CT molecular complexity index is 831. The summed E-state index contributed by atoms with van der Waals surface area (Å²) in [5.74, 6) is -1.53. The third kappa shape index (κ3) is 4.40. The van der Waals surface area contributed by atoms with Crippen molar-refractivity contribution >= 4 is 35.2 Å². The van der Waals surface area contributed by atoms with E-state index in [2.05, 4.69) is 5.32 Å². The lowest BCUT2D eigenvalue weighted by atomic mass is 10.1. The number of rotatable bonds is 5. The number of nitro groups is 1. The van der Waals surface area contributed by atoms with E-state index in [9.17, 15) is 19.7 Å². The lowest BCUT2D eigenvalue weighted by Crippen LogP contribution is -2.31. The van der Waals surface area contributed by atoms with Gasteiger partial charge >= 0.3 is 0 Å². The van der Waals surface area contributed by atoms with Gasteiger partial charge in [0.1, 0.15) is 5.70 Å². The van der Waals surface area contributed by atoms with Gasteiger partial charge in [0.05, 0.1) is 4.92 Å². The average molecular weight is 346 g/mol. The van der Waals surface area contributed by atoms with Gasteiger partial charge in [-0.05, 0) is 29.8 Å². The summed E-state index contributed by atoms with van der Waals surface area (Å²) >= 11 is 5.78. The van der Waals surface area contributed by atoms with Crippen molar-refractivity contribution in [2.75, 3.05) is 0 Å². The van der Waals surface area contributed by atoms with Gasteiger partial charge in [-0.1, -0.05) is 29.8 Å². The highest BCUT2D eigenvalue weighted by molar-refractivity contribution is 6.30. The summed E-state index contributed by atoms with van der Waals surface area (Å²) in [7, 11) is 0. The molecule has 2 aromatic carbocycles. The van der Waals surface area contributed by atoms with Gasteiger partial charge in [-0.15, -0.1) is 0 Å². The van der Waals surface area contributed by atoms with Crippen LogP contribution in [0, 0.1) is 10.1 Å². The molecule has 0 aliphatic rings. The van der Waals surface area contributed by atoms with Gasteiger partial charge < -0.3 is 11.1 Å². The van der Waals surface area contributed by atoms with Gasteiger partial charge in [-0.3, -0.25) is 19.7 Å². The number of amides is 2. The van der Waals surface area contributed by atoms with Gasteiger partial charge in [0.25, 0.3) is 17.5 Å². The van der Waals surface area contributed by atoms with Gasteiger partial charge in [0.15, 0.2) is 0 Å². The zero-order valence-corrected chi connectivity index (χ0v) is 13.0. The zero-order valence-electron chi connectivity index (χ0n) is 12.2. The third-order valence-electron chi connectivity index (χ3n) is 3.01. The van der Waals surface area contributed by atoms with E-state index < -0.39 is 16.7 Å². The largest absolute Gasteiger partial charge is 0.364 e. The van der Waals surface area contributed by atoms with Gasteiger partial charge in [-0.2, -0.15) is 0 Å². The summed E-state index contributed by atoms with van der Waals surface area (Å²) in [6, 6.07) is 11.7. The molecule has 0 heterocycles. The van der Waals surface area contributed by atoms with E-state index in [1.807, 2.05) is 0 Å². The van der Waals surface area contributed by atoms with Crippen LogP contribution in [-0.2, 0) is 4.79 Å². The topological polar surface area (TPSA) is 115 Å². The minimum absolute atomic E-state index is 0.0347. The molecule has 0 fully saturated rings. The van der Waals surface area contributed by atoms with E-state index in [0.717, 1.165) is 6.07 Å². The molecule has 0 atom stereocenters. The van der Waals surface area contributed by atoms with Crippen molar-refractivity contribution in [2.45, 2.75) is 0 Å². The molecule has 2 aromatic rings. The fourth-order valence-electron chi connectivity index (χ4n) is 1.85. The number of benzene rings is 2. The van der Waals surface area contributed by atoms with Crippen molar-refractivity contribution in [3.63, 3.8) is 0 Å². The Morgan fingerprint density at radius 3 is 2.42 bits per heavy atom. The number of carbonyl (C=O) groups excluding carboxylic acids is 2. The standard InChI is InChI=1S/C16H12ClN3O4/c17-12-6-4-10(5-7-12)8-14(15(18)21)19-16(22)11-2-1-3-13(9-11)20(23)24/h1-9H,(H2,18,21)(H,19,22)/b14-8-. The van der Waals surface area contributed by atoms with Gasteiger partial charge in [0.2, 0.25) is 0 Å². The van der Waals surface area contributed by atoms with E-state index in [1.165, 1.54) is 24.3 Å². The number of carbonyl (C=O) groups is 2. The van der Waals surface area contributed by atoms with Crippen LogP contribution in [0.25, 0.3) is 6.08 Å². The Morgan fingerprint density at radius 1 is 1.17 bits per heavy atom. The van der Waals surface area contributed by atoms with E-state index >= 15 is 0 Å². The van der Waals surface area contributed by atoms with Crippen molar-refractivity contribution < 1.29 is 14.5 Å². The molecular weight excluding hydrogens is 334 g/mol.